The minimum absolute atomic E-state index is 0.0875. The first-order chi connectivity index (χ1) is 23.8. The molecule has 2 unspecified atom stereocenters. The third kappa shape index (κ3) is 5.64. The summed E-state index contributed by atoms with van der Waals surface area (Å²) in [6.45, 7) is 27.0. The zero-order valence-corrected chi connectivity index (χ0v) is 34.1. The number of hydrogen-bond acceptors (Lipinski definition) is 5. The van der Waals surface area contributed by atoms with Crippen molar-refractivity contribution in [3.05, 3.63) is 35.5 Å². The molecule has 7 aliphatic rings. The molecule has 0 spiro atoms. The monoisotopic (exact) mass is 723 g/mol. The second-order valence-electron chi connectivity index (χ2n) is 20.3. The quantitative estimate of drug-likeness (QED) is 0.256. The minimum Gasteiger partial charge on any atom is -0.481 e. The summed E-state index contributed by atoms with van der Waals surface area (Å²) in [6.07, 6.45) is 18.6. The van der Waals surface area contributed by atoms with Crippen LogP contribution < -0.4 is 5.32 Å². The van der Waals surface area contributed by atoms with Crippen LogP contribution in [-0.2, 0) is 14.6 Å². The lowest BCUT2D eigenvalue weighted by molar-refractivity contribution is -0.221. The van der Waals surface area contributed by atoms with Gasteiger partial charge in [0.1, 0.15) is 0 Å². The zero-order valence-electron chi connectivity index (χ0n) is 33.3. The SMILES string of the molecule is C=C(C)[C@@H]1CC[C@]2(NCCN3CC(C)S(=O)(=O)C(C)C3)CC[C@]3(C)[C@H](CC[C@@H]4[C@@]5(C)CC=C(C6=CC[C@H](C(=O)O)CC6)C(C)(C)[C@@H]5CC[C@]43C)[C@@H]12. The van der Waals surface area contributed by atoms with Crippen LogP contribution in [0.1, 0.15) is 132 Å². The molecule has 5 fully saturated rings. The second-order valence-corrected chi connectivity index (χ2v) is 23.1. The van der Waals surface area contributed by atoms with Crippen molar-refractivity contribution < 1.29 is 18.3 Å². The Hall–Kier alpha value is -1.44. The van der Waals surface area contributed by atoms with Gasteiger partial charge < -0.3 is 10.4 Å². The molecule has 6 aliphatic carbocycles. The highest BCUT2D eigenvalue weighted by atomic mass is 32.2. The van der Waals surface area contributed by atoms with E-state index < -0.39 is 15.8 Å². The highest BCUT2D eigenvalue weighted by molar-refractivity contribution is 7.92. The number of nitrogens with one attached hydrogen (secondary N) is 1. The van der Waals surface area contributed by atoms with Gasteiger partial charge in [-0.15, -0.1) is 0 Å². The van der Waals surface area contributed by atoms with Gasteiger partial charge in [-0.25, -0.2) is 8.42 Å². The van der Waals surface area contributed by atoms with E-state index in [1.54, 1.807) is 0 Å². The van der Waals surface area contributed by atoms with Gasteiger partial charge in [-0.3, -0.25) is 9.69 Å². The Balaban J connectivity index is 1.13. The van der Waals surface area contributed by atoms with Gasteiger partial charge in [0.05, 0.1) is 16.4 Å². The molecule has 286 valence electrons. The average Bonchev–Trinajstić information content (AvgIpc) is 3.44. The van der Waals surface area contributed by atoms with E-state index in [2.05, 4.69) is 70.5 Å². The Morgan fingerprint density at radius 1 is 0.922 bits per heavy atom. The third-order valence-electron chi connectivity index (χ3n) is 17.8. The topological polar surface area (TPSA) is 86.7 Å². The second kappa shape index (κ2) is 12.8. The Kier molecular flexibility index (Phi) is 9.52. The molecule has 51 heavy (non-hydrogen) atoms. The molecule has 1 heterocycles. The maximum absolute atomic E-state index is 12.7. The Labute approximate surface area is 310 Å². The molecule has 7 rings (SSSR count). The summed E-state index contributed by atoms with van der Waals surface area (Å²) in [5.74, 6) is 2.32. The predicted molar refractivity (Wildman–Crippen MR) is 208 cm³/mol. The highest BCUT2D eigenvalue weighted by Crippen LogP contribution is 2.76. The molecule has 0 aromatic heterocycles. The Bertz CT molecular complexity index is 1580. The van der Waals surface area contributed by atoms with Crippen molar-refractivity contribution >= 4 is 15.8 Å². The molecule has 0 aromatic rings. The number of carbonyl (C=O) groups is 1. The fourth-order valence-electron chi connectivity index (χ4n) is 15.0. The first-order valence-electron chi connectivity index (χ1n) is 20.8. The van der Waals surface area contributed by atoms with Crippen molar-refractivity contribution in [1.29, 1.82) is 0 Å². The van der Waals surface area contributed by atoms with Crippen LogP contribution in [0.5, 0.6) is 0 Å². The van der Waals surface area contributed by atoms with Crippen molar-refractivity contribution in [2.75, 3.05) is 26.2 Å². The molecule has 4 saturated carbocycles. The number of rotatable bonds is 7. The number of nitrogens with zero attached hydrogens (tertiary/aromatic N) is 1. The van der Waals surface area contributed by atoms with Crippen LogP contribution in [-0.4, -0.2) is 66.6 Å². The van der Waals surface area contributed by atoms with E-state index in [4.69, 9.17) is 0 Å². The number of carboxylic acid groups (broad SMARTS) is 1. The van der Waals surface area contributed by atoms with E-state index >= 15 is 0 Å². The summed E-state index contributed by atoms with van der Waals surface area (Å²) in [4.78, 5) is 14.1. The Morgan fingerprint density at radius 3 is 2.25 bits per heavy atom. The fourth-order valence-corrected chi connectivity index (χ4v) is 16.6. The molecule has 12 atom stereocenters. The molecule has 0 radical (unpaired) electrons. The van der Waals surface area contributed by atoms with E-state index in [-0.39, 0.29) is 38.2 Å². The van der Waals surface area contributed by atoms with Crippen LogP contribution in [0.15, 0.2) is 35.5 Å². The molecule has 1 aliphatic heterocycles. The van der Waals surface area contributed by atoms with E-state index in [1.807, 2.05) is 13.8 Å². The van der Waals surface area contributed by atoms with Gasteiger partial charge in [-0.1, -0.05) is 58.9 Å². The summed E-state index contributed by atoms with van der Waals surface area (Å²) < 4.78 is 25.4. The standard InChI is InChI=1S/C44H70N2O4S/c1-28(2)33-16-21-44(45-24-25-46-26-29(3)51(49,50)30(4)27-46)23-22-42(8)35(38(33)44)14-15-37-41(7)19-17-34(31-10-12-32(13-11-31)39(47)48)40(5,6)36(41)18-20-43(37,42)9/h10,17,29-30,32-33,35-38,45H,1,11-16,18-27H2,2-9H3,(H,47,48)/t29?,30?,32-,33-,35+,36-,37+,38+,41-,42+,43+,44-/m0/s1. The largest absolute Gasteiger partial charge is 0.481 e. The van der Waals surface area contributed by atoms with Crippen LogP contribution in [0.4, 0.5) is 0 Å². The van der Waals surface area contributed by atoms with Crippen molar-refractivity contribution in [1.82, 2.24) is 10.2 Å². The molecule has 6 nitrogen and oxygen atoms in total. The van der Waals surface area contributed by atoms with Crippen LogP contribution in [0.25, 0.3) is 0 Å². The molecular formula is C44H70N2O4S. The van der Waals surface area contributed by atoms with Crippen molar-refractivity contribution in [3.8, 4) is 0 Å². The summed E-state index contributed by atoms with van der Waals surface area (Å²) in [6, 6.07) is 0. The molecule has 7 heteroatoms. The van der Waals surface area contributed by atoms with Gasteiger partial charge in [0.25, 0.3) is 0 Å². The third-order valence-corrected chi connectivity index (χ3v) is 20.3. The van der Waals surface area contributed by atoms with E-state index in [0.717, 1.165) is 32.4 Å². The highest BCUT2D eigenvalue weighted by Gasteiger charge is 2.70. The number of sulfone groups is 1. The van der Waals surface area contributed by atoms with Crippen molar-refractivity contribution in [2.24, 2.45) is 57.2 Å². The lowest BCUT2D eigenvalue weighted by Gasteiger charge is -2.72. The van der Waals surface area contributed by atoms with Crippen LogP contribution in [0.2, 0.25) is 0 Å². The minimum atomic E-state index is -3.01. The van der Waals surface area contributed by atoms with Gasteiger partial charge in [-0.2, -0.15) is 0 Å². The molecular weight excluding hydrogens is 653 g/mol. The smallest absolute Gasteiger partial charge is 0.306 e. The number of fused-ring (bicyclic) bond motifs is 7. The molecule has 0 bridgehead atoms. The van der Waals surface area contributed by atoms with Crippen molar-refractivity contribution in [2.45, 2.75) is 148 Å². The first kappa shape index (κ1) is 37.9. The average molecular weight is 723 g/mol. The fraction of sp³-hybridized carbons (Fsp3) is 0.841. The van der Waals surface area contributed by atoms with Crippen LogP contribution in [0.3, 0.4) is 0 Å². The maximum Gasteiger partial charge on any atom is 0.306 e. The lowest BCUT2D eigenvalue weighted by Crippen LogP contribution is -2.68. The number of carboxylic acids is 1. The van der Waals surface area contributed by atoms with E-state index in [1.165, 1.54) is 68.1 Å². The van der Waals surface area contributed by atoms with E-state index in [9.17, 15) is 18.3 Å². The van der Waals surface area contributed by atoms with Gasteiger partial charge in [-0.05, 0) is 160 Å². The molecule has 0 amide bonds. The maximum atomic E-state index is 12.7. The zero-order chi connectivity index (χ0) is 36.9. The first-order valence-corrected chi connectivity index (χ1v) is 22.4. The van der Waals surface area contributed by atoms with Crippen LogP contribution >= 0.6 is 0 Å². The lowest BCUT2D eigenvalue weighted by atomic mass is 9.33. The predicted octanol–water partition coefficient (Wildman–Crippen LogP) is 8.84. The molecule has 2 N–H and O–H groups in total. The summed E-state index contributed by atoms with van der Waals surface area (Å²) in [5, 5.41) is 13.3. The molecule has 1 saturated heterocycles. The Morgan fingerprint density at radius 2 is 1.63 bits per heavy atom. The number of allylic oxidation sites excluding steroid dienone is 5. The van der Waals surface area contributed by atoms with E-state index in [0.29, 0.717) is 54.5 Å². The normalized spacial score (nSPS) is 47.5. The van der Waals surface area contributed by atoms with Crippen LogP contribution in [0, 0.1) is 57.2 Å². The summed E-state index contributed by atoms with van der Waals surface area (Å²) in [7, 11) is -3.01. The number of hydrogen-bond donors (Lipinski definition) is 2. The van der Waals surface area contributed by atoms with Gasteiger partial charge in [0.15, 0.2) is 9.84 Å². The van der Waals surface area contributed by atoms with Crippen molar-refractivity contribution in [3.63, 3.8) is 0 Å². The van der Waals surface area contributed by atoms with Gasteiger partial charge in [0.2, 0.25) is 0 Å². The molecule has 0 aromatic carbocycles. The van der Waals surface area contributed by atoms with Gasteiger partial charge in [0, 0.05) is 31.7 Å². The van der Waals surface area contributed by atoms with Gasteiger partial charge >= 0.3 is 5.97 Å². The summed E-state index contributed by atoms with van der Waals surface area (Å²) in [5.41, 5.74) is 5.41. The number of aliphatic carboxylic acids is 1. The summed E-state index contributed by atoms with van der Waals surface area (Å²) >= 11 is 0.